The number of nitrogens with zero attached hydrogens (tertiary/aromatic N) is 1. The summed E-state index contributed by atoms with van der Waals surface area (Å²) in [6.45, 7) is 11.3. The normalized spacial score (nSPS) is 17.5. The lowest BCUT2D eigenvalue weighted by molar-refractivity contribution is -0.123. The summed E-state index contributed by atoms with van der Waals surface area (Å²) in [6, 6.07) is 0.723. The fourth-order valence-electron chi connectivity index (χ4n) is 2.08. The molecule has 0 radical (unpaired) electrons. The highest BCUT2D eigenvalue weighted by atomic mass is 16.1. The number of hydrogen-bond acceptors (Lipinski definition) is 3. The molecule has 0 aliphatic rings. The molecule has 1 amide bonds. The quantitative estimate of drug-likeness (QED) is 0.686. The maximum absolute atomic E-state index is 11.2. The van der Waals surface area contributed by atoms with Crippen molar-refractivity contribution in [3.63, 3.8) is 0 Å². The summed E-state index contributed by atoms with van der Waals surface area (Å²) in [7, 11) is 0. The topological polar surface area (TPSA) is 72.3 Å². The minimum absolute atomic E-state index is 0.266. The van der Waals surface area contributed by atoms with Crippen molar-refractivity contribution in [2.75, 3.05) is 6.54 Å². The first-order valence-electron chi connectivity index (χ1n) is 6.07. The van der Waals surface area contributed by atoms with Crippen LogP contribution in [-0.4, -0.2) is 35.0 Å². The molecule has 0 aliphatic carbocycles. The maximum atomic E-state index is 11.2. The van der Waals surface area contributed by atoms with Crippen molar-refractivity contribution in [2.45, 2.75) is 65.1 Å². The number of hydrogen-bond donors (Lipinski definition) is 2. The lowest BCUT2D eigenvalue weighted by atomic mass is 9.93. The highest BCUT2D eigenvalue weighted by Crippen LogP contribution is 2.16. The van der Waals surface area contributed by atoms with Crippen LogP contribution >= 0.6 is 0 Å². The highest BCUT2D eigenvalue weighted by molar-refractivity contribution is 5.83. The molecule has 4 N–H and O–H groups in total. The molecule has 4 heteroatoms. The van der Waals surface area contributed by atoms with Crippen LogP contribution in [0.1, 0.15) is 47.5 Å². The van der Waals surface area contributed by atoms with Crippen molar-refractivity contribution in [1.29, 1.82) is 0 Å². The SMILES string of the molecule is CCCN(C(C)C)C(C)CC(C)(N)C(N)=O. The van der Waals surface area contributed by atoms with E-state index >= 15 is 0 Å². The van der Waals surface area contributed by atoms with Crippen LogP contribution in [0.2, 0.25) is 0 Å². The molecule has 0 aromatic carbocycles. The number of rotatable bonds is 7. The zero-order chi connectivity index (χ0) is 12.9. The molecule has 0 aromatic rings. The number of carbonyl (C=O) groups is 1. The van der Waals surface area contributed by atoms with E-state index in [0.29, 0.717) is 12.5 Å². The third kappa shape index (κ3) is 4.49. The van der Waals surface area contributed by atoms with Gasteiger partial charge >= 0.3 is 0 Å². The summed E-state index contributed by atoms with van der Waals surface area (Å²) in [5.41, 5.74) is 10.3. The minimum Gasteiger partial charge on any atom is -0.368 e. The van der Waals surface area contributed by atoms with Crippen molar-refractivity contribution in [3.05, 3.63) is 0 Å². The summed E-state index contributed by atoms with van der Waals surface area (Å²) in [5.74, 6) is -0.431. The Kier molecular flexibility index (Phi) is 5.97. The van der Waals surface area contributed by atoms with Crippen molar-refractivity contribution in [1.82, 2.24) is 4.90 Å². The Morgan fingerprint density at radius 1 is 1.38 bits per heavy atom. The molecule has 2 atom stereocenters. The van der Waals surface area contributed by atoms with Crippen LogP contribution in [0.3, 0.4) is 0 Å². The molecule has 2 unspecified atom stereocenters. The van der Waals surface area contributed by atoms with Crippen LogP contribution in [0.15, 0.2) is 0 Å². The van der Waals surface area contributed by atoms with Crippen molar-refractivity contribution in [2.24, 2.45) is 11.5 Å². The van der Waals surface area contributed by atoms with E-state index in [2.05, 4.69) is 32.6 Å². The van der Waals surface area contributed by atoms with Crippen LogP contribution in [0.5, 0.6) is 0 Å². The Hall–Kier alpha value is -0.610. The Bertz CT molecular complexity index is 226. The van der Waals surface area contributed by atoms with Gasteiger partial charge in [0.2, 0.25) is 5.91 Å². The Morgan fingerprint density at radius 2 is 1.88 bits per heavy atom. The molecule has 0 bridgehead atoms. The van der Waals surface area contributed by atoms with Crippen molar-refractivity contribution >= 4 is 5.91 Å². The predicted molar refractivity (Wildman–Crippen MR) is 68.0 cm³/mol. The molecule has 0 aliphatic heterocycles. The zero-order valence-corrected chi connectivity index (χ0v) is 11.3. The van der Waals surface area contributed by atoms with Gasteiger partial charge in [0, 0.05) is 12.1 Å². The molecular formula is C12H27N3O. The van der Waals surface area contributed by atoms with Crippen LogP contribution in [0.4, 0.5) is 0 Å². The van der Waals surface area contributed by atoms with Gasteiger partial charge in [0.1, 0.15) is 0 Å². The van der Waals surface area contributed by atoms with E-state index in [4.69, 9.17) is 11.5 Å². The van der Waals surface area contributed by atoms with E-state index in [0.717, 1.165) is 13.0 Å². The second-order valence-electron chi connectivity index (χ2n) is 5.17. The molecular weight excluding hydrogens is 202 g/mol. The van der Waals surface area contributed by atoms with Gasteiger partial charge < -0.3 is 11.5 Å². The predicted octanol–water partition coefficient (Wildman–Crippen LogP) is 1.09. The van der Waals surface area contributed by atoms with Gasteiger partial charge in [-0.3, -0.25) is 9.69 Å². The van der Waals surface area contributed by atoms with E-state index < -0.39 is 11.4 Å². The number of primary amides is 1. The minimum atomic E-state index is -0.916. The molecule has 96 valence electrons. The Labute approximate surface area is 99.4 Å². The number of carbonyl (C=O) groups excluding carboxylic acids is 1. The molecule has 0 rings (SSSR count). The second-order valence-corrected chi connectivity index (χ2v) is 5.17. The lowest BCUT2D eigenvalue weighted by Gasteiger charge is -2.36. The van der Waals surface area contributed by atoms with Gasteiger partial charge in [-0.1, -0.05) is 6.92 Å². The van der Waals surface area contributed by atoms with Crippen molar-refractivity contribution in [3.8, 4) is 0 Å². The number of amides is 1. The van der Waals surface area contributed by atoms with Gasteiger partial charge in [-0.15, -0.1) is 0 Å². The molecule has 0 saturated carbocycles. The van der Waals surface area contributed by atoms with Crippen LogP contribution in [0, 0.1) is 0 Å². The largest absolute Gasteiger partial charge is 0.368 e. The maximum Gasteiger partial charge on any atom is 0.237 e. The molecule has 16 heavy (non-hydrogen) atoms. The first-order valence-corrected chi connectivity index (χ1v) is 6.07. The number of nitrogens with two attached hydrogens (primary N) is 2. The fourth-order valence-corrected chi connectivity index (χ4v) is 2.08. The molecule has 0 spiro atoms. The zero-order valence-electron chi connectivity index (χ0n) is 11.3. The summed E-state index contributed by atoms with van der Waals surface area (Å²) < 4.78 is 0. The van der Waals surface area contributed by atoms with Crippen molar-refractivity contribution < 1.29 is 4.79 Å². The van der Waals surface area contributed by atoms with Crippen LogP contribution in [-0.2, 0) is 4.79 Å². The average molecular weight is 229 g/mol. The molecule has 0 saturated heterocycles. The smallest absolute Gasteiger partial charge is 0.237 e. The average Bonchev–Trinajstić information content (AvgIpc) is 2.12. The van der Waals surface area contributed by atoms with Gasteiger partial charge in [-0.05, 0) is 47.1 Å². The third-order valence-corrected chi connectivity index (χ3v) is 2.99. The van der Waals surface area contributed by atoms with E-state index in [9.17, 15) is 4.79 Å². The standard InChI is InChI=1S/C12H27N3O/c1-6-7-15(9(2)3)10(4)8-12(5,14)11(13)16/h9-10H,6-8,14H2,1-5H3,(H2,13,16). The first-order chi connectivity index (χ1) is 7.22. The van der Waals surface area contributed by atoms with Crippen LogP contribution < -0.4 is 11.5 Å². The third-order valence-electron chi connectivity index (χ3n) is 2.99. The lowest BCUT2D eigenvalue weighted by Crippen LogP contribution is -2.54. The Morgan fingerprint density at radius 3 is 2.19 bits per heavy atom. The van der Waals surface area contributed by atoms with Gasteiger partial charge in [0.05, 0.1) is 5.54 Å². The fraction of sp³-hybridized carbons (Fsp3) is 0.917. The van der Waals surface area contributed by atoms with Gasteiger partial charge in [-0.25, -0.2) is 0 Å². The van der Waals surface area contributed by atoms with E-state index in [1.807, 2.05) is 0 Å². The Balaban J connectivity index is 4.52. The van der Waals surface area contributed by atoms with E-state index in [1.54, 1.807) is 6.92 Å². The van der Waals surface area contributed by atoms with Crippen LogP contribution in [0.25, 0.3) is 0 Å². The molecule has 0 aromatic heterocycles. The summed E-state index contributed by atoms with van der Waals surface area (Å²) in [5, 5.41) is 0. The summed E-state index contributed by atoms with van der Waals surface area (Å²) in [6.07, 6.45) is 1.70. The summed E-state index contributed by atoms with van der Waals surface area (Å²) in [4.78, 5) is 13.5. The van der Waals surface area contributed by atoms with Gasteiger partial charge in [0.25, 0.3) is 0 Å². The van der Waals surface area contributed by atoms with Gasteiger partial charge in [-0.2, -0.15) is 0 Å². The van der Waals surface area contributed by atoms with E-state index in [-0.39, 0.29) is 6.04 Å². The molecule has 0 heterocycles. The summed E-state index contributed by atoms with van der Waals surface area (Å²) >= 11 is 0. The van der Waals surface area contributed by atoms with E-state index in [1.165, 1.54) is 0 Å². The molecule has 0 fully saturated rings. The second kappa shape index (κ2) is 6.21. The monoisotopic (exact) mass is 229 g/mol. The molecule has 4 nitrogen and oxygen atoms in total. The van der Waals surface area contributed by atoms with Gasteiger partial charge in [0.15, 0.2) is 0 Å². The first kappa shape index (κ1) is 15.4. The highest BCUT2D eigenvalue weighted by Gasteiger charge is 2.30.